The summed E-state index contributed by atoms with van der Waals surface area (Å²) in [4.78, 5) is 9.21. The zero-order chi connectivity index (χ0) is 13.8. The summed E-state index contributed by atoms with van der Waals surface area (Å²) < 4.78 is 7.50. The highest BCUT2D eigenvalue weighted by atomic mass is 35.5. The van der Waals surface area contributed by atoms with Crippen LogP contribution in [0.1, 0.15) is 30.8 Å². The Morgan fingerprint density at radius 3 is 2.89 bits per heavy atom. The second-order valence-electron chi connectivity index (χ2n) is 4.71. The van der Waals surface area contributed by atoms with Crippen molar-refractivity contribution in [3.8, 4) is 0 Å². The van der Waals surface area contributed by atoms with Crippen LogP contribution in [0.3, 0.4) is 0 Å². The molecule has 2 rings (SSSR count). The molecule has 0 radical (unpaired) electrons. The van der Waals surface area contributed by atoms with Gasteiger partial charge >= 0.3 is 0 Å². The second-order valence-corrected chi connectivity index (χ2v) is 5.09. The number of ether oxygens (including phenoxy) is 1. The zero-order valence-corrected chi connectivity index (χ0v) is 12.4. The highest BCUT2D eigenvalue weighted by molar-refractivity contribution is 6.17. The van der Waals surface area contributed by atoms with Gasteiger partial charge in [0.25, 0.3) is 0 Å². The predicted molar refractivity (Wildman–Crippen MR) is 77.9 cm³/mol. The van der Waals surface area contributed by atoms with E-state index in [1.807, 2.05) is 13.1 Å². The minimum atomic E-state index is 0.253. The average molecular weight is 282 g/mol. The number of aryl methyl sites for hydroxylation is 2. The lowest BCUT2D eigenvalue weighted by Gasteiger charge is -2.18. The van der Waals surface area contributed by atoms with Crippen molar-refractivity contribution in [1.82, 2.24) is 14.5 Å². The monoisotopic (exact) mass is 281 g/mol. The first-order chi connectivity index (χ1) is 9.21. The highest BCUT2D eigenvalue weighted by Crippen LogP contribution is 2.23. The van der Waals surface area contributed by atoms with Crippen molar-refractivity contribution in [1.29, 1.82) is 0 Å². The number of hydrogen-bond acceptors (Lipinski definition) is 3. The molecule has 0 fully saturated rings. The molecule has 0 amide bonds. The van der Waals surface area contributed by atoms with Crippen molar-refractivity contribution in [3.05, 3.63) is 23.7 Å². The summed E-state index contributed by atoms with van der Waals surface area (Å²) in [7, 11) is 1.72. The molecule has 0 aromatic carbocycles. The third kappa shape index (κ3) is 2.90. The molecule has 19 heavy (non-hydrogen) atoms. The van der Waals surface area contributed by atoms with E-state index in [2.05, 4.69) is 27.5 Å². The first kappa shape index (κ1) is 14.3. The Labute approximate surface area is 118 Å². The summed E-state index contributed by atoms with van der Waals surface area (Å²) in [5, 5.41) is 0. The quantitative estimate of drug-likeness (QED) is 0.764. The van der Waals surface area contributed by atoms with E-state index in [0.717, 1.165) is 35.4 Å². The van der Waals surface area contributed by atoms with Crippen LogP contribution in [0.15, 0.2) is 12.3 Å². The molecule has 1 atom stereocenters. The largest absolute Gasteiger partial charge is 0.383 e. The van der Waals surface area contributed by atoms with Crippen molar-refractivity contribution in [2.45, 2.75) is 32.7 Å². The van der Waals surface area contributed by atoms with Gasteiger partial charge in [0.2, 0.25) is 0 Å². The van der Waals surface area contributed by atoms with Crippen LogP contribution in [-0.4, -0.2) is 34.1 Å². The average Bonchev–Trinajstić information content (AvgIpc) is 2.73. The number of pyridine rings is 1. The fourth-order valence-corrected chi connectivity index (χ4v) is 2.51. The van der Waals surface area contributed by atoms with Crippen LogP contribution in [0, 0.1) is 6.92 Å². The van der Waals surface area contributed by atoms with Crippen LogP contribution in [-0.2, 0) is 11.2 Å². The van der Waals surface area contributed by atoms with Crippen molar-refractivity contribution in [2.24, 2.45) is 0 Å². The van der Waals surface area contributed by atoms with Gasteiger partial charge in [-0.3, -0.25) is 0 Å². The first-order valence-corrected chi connectivity index (χ1v) is 7.13. The Kier molecular flexibility index (Phi) is 4.77. The molecular formula is C14H20ClN3O. The van der Waals surface area contributed by atoms with Crippen LogP contribution in [0.25, 0.3) is 11.2 Å². The van der Waals surface area contributed by atoms with E-state index < -0.39 is 0 Å². The van der Waals surface area contributed by atoms with E-state index in [1.54, 1.807) is 7.11 Å². The maximum Gasteiger partial charge on any atom is 0.160 e. The molecule has 0 N–H and O–H groups in total. The number of fused-ring (bicyclic) bond motifs is 1. The zero-order valence-electron chi connectivity index (χ0n) is 11.7. The Balaban J connectivity index is 2.56. The van der Waals surface area contributed by atoms with Gasteiger partial charge in [0.1, 0.15) is 11.3 Å². The van der Waals surface area contributed by atoms with E-state index in [1.165, 1.54) is 0 Å². The molecule has 0 saturated carbocycles. The standard InChI is InChI=1S/C14H20ClN3O/c1-4-11(9-19-3)18-13(5-6-15)17-12-7-10(2)8-16-14(12)18/h7-8,11H,4-6,9H2,1-3H3. The fraction of sp³-hybridized carbons (Fsp3) is 0.571. The van der Waals surface area contributed by atoms with Gasteiger partial charge < -0.3 is 9.30 Å². The molecule has 104 valence electrons. The van der Waals surface area contributed by atoms with Crippen molar-refractivity contribution < 1.29 is 4.74 Å². The van der Waals surface area contributed by atoms with E-state index in [9.17, 15) is 0 Å². The molecule has 0 aliphatic carbocycles. The molecule has 2 aromatic heterocycles. The summed E-state index contributed by atoms with van der Waals surface area (Å²) >= 11 is 5.89. The minimum absolute atomic E-state index is 0.253. The lowest BCUT2D eigenvalue weighted by Crippen LogP contribution is -2.17. The van der Waals surface area contributed by atoms with Crippen LogP contribution in [0.2, 0.25) is 0 Å². The molecule has 1 unspecified atom stereocenters. The van der Waals surface area contributed by atoms with Gasteiger partial charge in [-0.25, -0.2) is 9.97 Å². The van der Waals surface area contributed by atoms with Gasteiger partial charge in [-0.1, -0.05) is 6.92 Å². The molecule has 0 spiro atoms. The number of methoxy groups -OCH3 is 1. The van der Waals surface area contributed by atoms with Crippen LogP contribution < -0.4 is 0 Å². The van der Waals surface area contributed by atoms with Gasteiger partial charge in [-0.05, 0) is 25.0 Å². The molecule has 2 heterocycles. The van der Waals surface area contributed by atoms with E-state index in [4.69, 9.17) is 16.3 Å². The van der Waals surface area contributed by atoms with E-state index in [-0.39, 0.29) is 6.04 Å². The van der Waals surface area contributed by atoms with Gasteiger partial charge in [0.15, 0.2) is 5.65 Å². The van der Waals surface area contributed by atoms with Crippen LogP contribution in [0.5, 0.6) is 0 Å². The SMILES string of the molecule is CCC(COC)n1c(CCCl)nc2cc(C)cnc21. The van der Waals surface area contributed by atoms with Gasteiger partial charge in [0, 0.05) is 25.6 Å². The van der Waals surface area contributed by atoms with Gasteiger partial charge in [-0.15, -0.1) is 11.6 Å². The summed E-state index contributed by atoms with van der Waals surface area (Å²) in [6, 6.07) is 2.32. The topological polar surface area (TPSA) is 39.9 Å². The smallest absolute Gasteiger partial charge is 0.160 e. The number of rotatable bonds is 6. The minimum Gasteiger partial charge on any atom is -0.383 e. The van der Waals surface area contributed by atoms with Crippen LogP contribution in [0.4, 0.5) is 0 Å². The maximum absolute atomic E-state index is 5.89. The van der Waals surface area contributed by atoms with Crippen LogP contribution >= 0.6 is 11.6 Å². The molecule has 0 saturated heterocycles. The number of halogens is 1. The molecular weight excluding hydrogens is 262 g/mol. The number of hydrogen-bond donors (Lipinski definition) is 0. The van der Waals surface area contributed by atoms with Crippen molar-refractivity contribution in [3.63, 3.8) is 0 Å². The predicted octanol–water partition coefficient (Wildman–Crippen LogP) is 3.12. The molecule has 4 nitrogen and oxygen atoms in total. The van der Waals surface area contributed by atoms with Crippen molar-refractivity contribution >= 4 is 22.8 Å². The highest BCUT2D eigenvalue weighted by Gasteiger charge is 2.18. The fourth-order valence-electron chi connectivity index (χ4n) is 2.34. The first-order valence-electron chi connectivity index (χ1n) is 6.59. The number of nitrogens with zero attached hydrogens (tertiary/aromatic N) is 3. The van der Waals surface area contributed by atoms with Gasteiger partial charge in [-0.2, -0.15) is 0 Å². The summed E-state index contributed by atoms with van der Waals surface area (Å²) in [5.74, 6) is 1.55. The lowest BCUT2D eigenvalue weighted by molar-refractivity contribution is 0.153. The third-order valence-electron chi connectivity index (χ3n) is 3.25. The Morgan fingerprint density at radius 2 is 2.26 bits per heavy atom. The number of imidazole rings is 1. The Bertz CT molecular complexity index is 553. The Morgan fingerprint density at radius 1 is 1.47 bits per heavy atom. The molecule has 0 aliphatic rings. The number of aromatic nitrogens is 3. The molecule has 2 aromatic rings. The second kappa shape index (κ2) is 6.35. The molecule has 0 bridgehead atoms. The summed E-state index contributed by atoms with van der Waals surface area (Å²) in [5.41, 5.74) is 2.98. The third-order valence-corrected chi connectivity index (χ3v) is 3.44. The lowest BCUT2D eigenvalue weighted by atomic mass is 10.2. The summed E-state index contributed by atoms with van der Waals surface area (Å²) in [6.07, 6.45) is 3.60. The Hall–Kier alpha value is -1.13. The number of alkyl halides is 1. The summed E-state index contributed by atoms with van der Waals surface area (Å²) in [6.45, 7) is 4.83. The normalized spacial score (nSPS) is 13.1. The molecule has 5 heteroatoms. The van der Waals surface area contributed by atoms with E-state index in [0.29, 0.717) is 12.5 Å². The van der Waals surface area contributed by atoms with E-state index >= 15 is 0 Å². The van der Waals surface area contributed by atoms with Gasteiger partial charge in [0.05, 0.1) is 12.6 Å². The van der Waals surface area contributed by atoms with Crippen molar-refractivity contribution in [2.75, 3.05) is 19.6 Å². The maximum atomic E-state index is 5.89. The molecule has 0 aliphatic heterocycles.